The van der Waals surface area contributed by atoms with Gasteiger partial charge in [-0.3, -0.25) is 4.55 Å². The van der Waals surface area contributed by atoms with Crippen LogP contribution in [0.15, 0.2) is 28.4 Å². The molecule has 17 nitrogen and oxygen atoms in total. The van der Waals surface area contributed by atoms with E-state index in [-0.39, 0.29) is 52.1 Å². The molecule has 0 aliphatic heterocycles. The van der Waals surface area contributed by atoms with Crippen molar-refractivity contribution in [3.63, 3.8) is 0 Å². The number of anilines is 2. The Hall–Kier alpha value is -3.84. The molecule has 0 saturated heterocycles. The van der Waals surface area contributed by atoms with Crippen LogP contribution >= 0.6 is 11.5 Å². The molecule has 39 heavy (non-hydrogen) atoms. The van der Waals surface area contributed by atoms with Gasteiger partial charge in [0.25, 0.3) is 20.2 Å². The largest absolute Gasteiger partial charge is 0.370 e. The quantitative estimate of drug-likeness (QED) is 0.111. The fraction of sp³-hybridized carbons (Fsp3) is 0.263. The van der Waals surface area contributed by atoms with Gasteiger partial charge >= 0.3 is 5.97 Å². The van der Waals surface area contributed by atoms with Gasteiger partial charge in [0.15, 0.2) is 10.8 Å². The van der Waals surface area contributed by atoms with Crippen LogP contribution < -0.4 is 22.4 Å². The van der Waals surface area contributed by atoms with Crippen LogP contribution in [0.25, 0.3) is 10.9 Å². The molecule has 3 rings (SSSR count). The highest BCUT2D eigenvalue weighted by molar-refractivity contribution is 7.86. The molecule has 0 aliphatic rings. The number of benzene rings is 1. The van der Waals surface area contributed by atoms with E-state index in [2.05, 4.69) is 39.3 Å². The molecule has 0 saturated carbocycles. The highest BCUT2D eigenvalue weighted by atomic mass is 32.2. The molecule has 3 aromatic rings. The molecule has 0 unspecified atom stereocenters. The monoisotopic (exact) mass is 599 g/mol. The van der Waals surface area contributed by atoms with Crippen LogP contribution in [0.5, 0.6) is 0 Å². The Morgan fingerprint density at radius 3 is 2.49 bits per heavy atom. The van der Waals surface area contributed by atoms with Gasteiger partial charge in [0, 0.05) is 24.0 Å². The molecule has 0 aliphatic carbocycles. The lowest BCUT2D eigenvalue weighted by Crippen LogP contribution is -2.21. The molecule has 2 aromatic heterocycles. The molecule has 7 N–H and O–H groups in total. The first-order valence-electron chi connectivity index (χ1n) is 10.6. The molecule has 0 spiro atoms. The second-order valence-corrected chi connectivity index (χ2v) is 11.6. The third-order valence-corrected chi connectivity index (χ3v) is 7.49. The van der Waals surface area contributed by atoms with E-state index in [9.17, 15) is 26.9 Å². The van der Waals surface area contributed by atoms with E-state index in [0.29, 0.717) is 10.9 Å². The van der Waals surface area contributed by atoms with Crippen LogP contribution in [-0.2, 0) is 29.4 Å². The highest BCUT2D eigenvalue weighted by Gasteiger charge is 2.19. The molecule has 2 heterocycles. The zero-order valence-electron chi connectivity index (χ0n) is 20.0. The Morgan fingerprint density at radius 2 is 1.85 bits per heavy atom. The Bertz CT molecular complexity index is 1680. The first-order chi connectivity index (χ1) is 18.4. The smallest absolute Gasteiger partial charge is 0.356 e. The zero-order chi connectivity index (χ0) is 28.8. The lowest BCUT2D eigenvalue weighted by molar-refractivity contribution is 0.0503. The topological polar surface area (TPSA) is 274 Å². The second-order valence-electron chi connectivity index (χ2n) is 7.59. The second kappa shape index (κ2) is 12.3. The summed E-state index contributed by atoms with van der Waals surface area (Å²) in [6, 6.07) is 6.46. The van der Waals surface area contributed by atoms with Crippen molar-refractivity contribution in [2.45, 2.75) is 6.92 Å². The van der Waals surface area contributed by atoms with Gasteiger partial charge in [-0.2, -0.15) is 42.5 Å². The predicted molar refractivity (Wildman–Crippen MR) is 140 cm³/mol. The number of hydrogen-bond donors (Lipinski definition) is 5. The molecule has 0 amide bonds. The van der Waals surface area contributed by atoms with Crippen LogP contribution in [0.4, 0.5) is 22.3 Å². The number of nitrogens with zero attached hydrogens (tertiary/aromatic N) is 5. The lowest BCUT2D eigenvalue weighted by Gasteiger charge is -2.15. The minimum absolute atomic E-state index is 0.00233. The van der Waals surface area contributed by atoms with Crippen molar-refractivity contribution < 1.29 is 35.3 Å². The maximum Gasteiger partial charge on any atom is 0.356 e. The Morgan fingerprint density at radius 1 is 1.15 bits per heavy atom. The van der Waals surface area contributed by atoms with Gasteiger partial charge in [0.05, 0.1) is 28.1 Å². The standard InChI is InChI=1S/C19H21N9O8S3/c1-10-13(9-20)16(23-5-7-39(33,34)36-22)25-17(24-4-6-38(30,31)32)15(10)26-27-18-12-8-11(19(29)35-21)2-3-14(12)28-37-18/h2-3,8H,4-7,21-22H2,1H3,(H2,23,24,25)(H,30,31,32). The number of azo groups is 1. The van der Waals surface area contributed by atoms with Gasteiger partial charge in [-0.05, 0) is 36.7 Å². The summed E-state index contributed by atoms with van der Waals surface area (Å²) in [5.74, 6) is 7.62. The molecule has 0 radical (unpaired) electrons. The van der Waals surface area contributed by atoms with Gasteiger partial charge in [-0.15, -0.1) is 10.2 Å². The summed E-state index contributed by atoms with van der Waals surface area (Å²) < 4.78 is 62.6. The number of pyridine rings is 1. The van der Waals surface area contributed by atoms with Gasteiger partial charge < -0.3 is 15.5 Å². The van der Waals surface area contributed by atoms with Crippen LogP contribution in [0, 0.1) is 18.3 Å². The maximum absolute atomic E-state index is 11.8. The van der Waals surface area contributed by atoms with Crippen molar-refractivity contribution in [3.8, 4) is 6.07 Å². The SMILES string of the molecule is Cc1c(C#N)c(NCCS(=O)(=O)ON)nc(NCCS(=O)(=O)O)c1N=Nc1snc2ccc(C(=O)ON)cc12. The average Bonchev–Trinajstić information content (AvgIpc) is 3.29. The zero-order valence-corrected chi connectivity index (χ0v) is 22.4. The molecule has 0 atom stereocenters. The van der Waals surface area contributed by atoms with E-state index in [4.69, 9.17) is 16.3 Å². The third kappa shape index (κ3) is 7.60. The maximum atomic E-state index is 11.8. The van der Waals surface area contributed by atoms with Crippen LogP contribution in [-0.4, -0.2) is 61.3 Å². The van der Waals surface area contributed by atoms with Crippen molar-refractivity contribution in [3.05, 3.63) is 34.9 Å². The molecule has 0 bridgehead atoms. The number of hydrogen-bond acceptors (Lipinski definition) is 17. The van der Waals surface area contributed by atoms with E-state index in [1.807, 2.05) is 6.07 Å². The highest BCUT2D eigenvalue weighted by Crippen LogP contribution is 2.37. The molecular weight excluding hydrogens is 578 g/mol. The Kier molecular flexibility index (Phi) is 9.41. The summed E-state index contributed by atoms with van der Waals surface area (Å²) in [5.41, 5.74) is 0.961. The molecule has 0 fully saturated rings. The number of nitrogens with one attached hydrogen (secondary N) is 2. The van der Waals surface area contributed by atoms with Crippen molar-refractivity contribution >= 4 is 71.0 Å². The van der Waals surface area contributed by atoms with E-state index < -0.39 is 37.7 Å². The van der Waals surface area contributed by atoms with Gasteiger partial charge in [-0.1, -0.05) is 0 Å². The molecule has 20 heteroatoms. The van der Waals surface area contributed by atoms with Gasteiger partial charge in [0.1, 0.15) is 17.6 Å². The lowest BCUT2D eigenvalue weighted by atomic mass is 10.1. The Labute approximate surface area is 225 Å². The van der Waals surface area contributed by atoms with Crippen molar-refractivity contribution in [1.82, 2.24) is 9.36 Å². The molecular formula is C19H21N9O8S3. The first-order valence-corrected chi connectivity index (χ1v) is 14.6. The van der Waals surface area contributed by atoms with E-state index in [1.165, 1.54) is 19.1 Å². The van der Waals surface area contributed by atoms with E-state index in [1.54, 1.807) is 6.07 Å². The number of carbonyl (C=O) groups excluding carboxylic acids is 1. The average molecular weight is 600 g/mol. The third-order valence-electron chi connectivity index (χ3n) is 5.01. The first kappa shape index (κ1) is 29.7. The number of rotatable bonds is 12. The normalized spacial score (nSPS) is 12.0. The summed E-state index contributed by atoms with van der Waals surface area (Å²) in [4.78, 5) is 20.3. The van der Waals surface area contributed by atoms with E-state index >= 15 is 0 Å². The van der Waals surface area contributed by atoms with Crippen LogP contribution in [0.3, 0.4) is 0 Å². The number of aromatic nitrogens is 2. The van der Waals surface area contributed by atoms with Crippen LogP contribution in [0.2, 0.25) is 0 Å². The number of nitrogens with two attached hydrogens (primary N) is 2. The minimum Gasteiger partial charge on any atom is -0.370 e. The number of nitriles is 1. The fourth-order valence-electron chi connectivity index (χ4n) is 3.14. The Balaban J connectivity index is 2.04. The summed E-state index contributed by atoms with van der Waals surface area (Å²) in [6.07, 6.45) is 0. The van der Waals surface area contributed by atoms with Crippen LogP contribution in [0.1, 0.15) is 21.5 Å². The summed E-state index contributed by atoms with van der Waals surface area (Å²) >= 11 is 0.968. The van der Waals surface area contributed by atoms with Crippen molar-refractivity contribution in [1.29, 1.82) is 5.26 Å². The summed E-state index contributed by atoms with van der Waals surface area (Å²) in [5, 5.41) is 24.3. The molecule has 1 aromatic carbocycles. The summed E-state index contributed by atoms with van der Waals surface area (Å²) in [6.45, 7) is 1.00. The van der Waals surface area contributed by atoms with Crippen molar-refractivity contribution in [2.75, 3.05) is 35.2 Å². The van der Waals surface area contributed by atoms with Crippen molar-refractivity contribution in [2.24, 2.45) is 22.0 Å². The summed E-state index contributed by atoms with van der Waals surface area (Å²) in [7, 11) is -8.33. The number of fused-ring (bicyclic) bond motifs is 1. The minimum atomic E-state index is -4.32. The van der Waals surface area contributed by atoms with Gasteiger partial charge in [-0.25, -0.2) is 9.78 Å². The molecule has 208 valence electrons. The predicted octanol–water partition coefficient (Wildman–Crippen LogP) is 1.25. The van der Waals surface area contributed by atoms with E-state index in [0.717, 1.165) is 11.5 Å². The number of carbonyl (C=O) groups is 1. The fourth-order valence-corrected chi connectivity index (χ4v) is 4.63. The van der Waals surface area contributed by atoms with Gasteiger partial charge in [0.2, 0.25) is 0 Å².